The average molecular weight is 196 g/mol. The van der Waals surface area contributed by atoms with Gasteiger partial charge in [0, 0.05) is 13.7 Å². The summed E-state index contributed by atoms with van der Waals surface area (Å²) in [6.45, 7) is 2.66. The van der Waals surface area contributed by atoms with E-state index in [1.807, 2.05) is 10.9 Å². The van der Waals surface area contributed by atoms with E-state index in [2.05, 4.69) is 15.6 Å². The molecule has 1 aromatic heterocycles. The van der Waals surface area contributed by atoms with Crippen molar-refractivity contribution in [3.05, 3.63) is 11.9 Å². The minimum absolute atomic E-state index is 0.460. The second-order valence-corrected chi connectivity index (χ2v) is 3.62. The highest BCUT2D eigenvalue weighted by Gasteiger charge is 2.15. The first-order valence-electron chi connectivity index (χ1n) is 5.00. The SMILES string of the molecule is COCc1cn([C@H]2CCCNC2)nn1. The number of nitrogens with zero attached hydrogens (tertiary/aromatic N) is 3. The first-order chi connectivity index (χ1) is 6.90. The number of nitrogens with one attached hydrogen (secondary N) is 1. The molecule has 0 unspecified atom stereocenters. The number of piperidine rings is 1. The lowest BCUT2D eigenvalue weighted by atomic mass is 10.1. The van der Waals surface area contributed by atoms with Gasteiger partial charge in [0.1, 0.15) is 5.69 Å². The number of ether oxygens (including phenoxy) is 1. The number of rotatable bonds is 3. The Morgan fingerprint density at radius 1 is 1.71 bits per heavy atom. The van der Waals surface area contributed by atoms with Crippen LogP contribution in [0.2, 0.25) is 0 Å². The molecular weight excluding hydrogens is 180 g/mol. The van der Waals surface area contributed by atoms with Gasteiger partial charge in [-0.05, 0) is 19.4 Å². The van der Waals surface area contributed by atoms with Crippen LogP contribution in [0, 0.1) is 0 Å². The summed E-state index contributed by atoms with van der Waals surface area (Å²) >= 11 is 0. The zero-order valence-corrected chi connectivity index (χ0v) is 8.44. The lowest BCUT2D eigenvalue weighted by Crippen LogP contribution is -2.31. The Bertz CT molecular complexity index is 280. The van der Waals surface area contributed by atoms with Gasteiger partial charge in [0.2, 0.25) is 0 Å². The van der Waals surface area contributed by atoms with Crippen LogP contribution in [0.5, 0.6) is 0 Å². The molecule has 1 atom stereocenters. The molecule has 1 aromatic rings. The summed E-state index contributed by atoms with van der Waals surface area (Å²) in [5.74, 6) is 0. The largest absolute Gasteiger partial charge is 0.378 e. The van der Waals surface area contributed by atoms with Crippen molar-refractivity contribution in [2.24, 2.45) is 0 Å². The molecule has 0 bridgehead atoms. The fourth-order valence-corrected chi connectivity index (χ4v) is 1.77. The van der Waals surface area contributed by atoms with Crippen molar-refractivity contribution >= 4 is 0 Å². The van der Waals surface area contributed by atoms with Crippen molar-refractivity contribution in [3.63, 3.8) is 0 Å². The van der Waals surface area contributed by atoms with Crippen molar-refractivity contribution < 1.29 is 4.74 Å². The minimum Gasteiger partial charge on any atom is -0.378 e. The van der Waals surface area contributed by atoms with Crippen LogP contribution in [-0.2, 0) is 11.3 Å². The molecule has 5 nitrogen and oxygen atoms in total. The molecule has 0 amide bonds. The molecule has 0 spiro atoms. The summed E-state index contributed by atoms with van der Waals surface area (Å²) in [4.78, 5) is 0. The van der Waals surface area contributed by atoms with E-state index in [0.717, 1.165) is 18.8 Å². The van der Waals surface area contributed by atoms with Crippen LogP contribution >= 0.6 is 0 Å². The van der Waals surface area contributed by atoms with Gasteiger partial charge in [0.05, 0.1) is 18.8 Å². The molecule has 78 valence electrons. The van der Waals surface area contributed by atoms with E-state index in [4.69, 9.17) is 4.74 Å². The highest BCUT2D eigenvalue weighted by Crippen LogP contribution is 2.15. The number of methoxy groups -OCH3 is 1. The third kappa shape index (κ3) is 2.10. The standard InChI is InChI=1S/C9H16N4O/c1-14-7-8-6-13(12-11-8)9-3-2-4-10-5-9/h6,9-10H,2-5,7H2,1H3/t9-/m0/s1. The fraction of sp³-hybridized carbons (Fsp3) is 0.778. The molecule has 14 heavy (non-hydrogen) atoms. The normalized spacial score (nSPS) is 22.5. The predicted molar refractivity (Wildman–Crippen MR) is 51.9 cm³/mol. The maximum Gasteiger partial charge on any atom is 0.108 e. The lowest BCUT2D eigenvalue weighted by molar-refractivity contribution is 0.181. The Kier molecular flexibility index (Phi) is 3.10. The van der Waals surface area contributed by atoms with Gasteiger partial charge in [-0.3, -0.25) is 0 Å². The van der Waals surface area contributed by atoms with Crippen LogP contribution < -0.4 is 5.32 Å². The molecule has 1 fully saturated rings. The Morgan fingerprint density at radius 3 is 3.36 bits per heavy atom. The van der Waals surface area contributed by atoms with Gasteiger partial charge in [-0.25, -0.2) is 4.68 Å². The number of aromatic nitrogens is 3. The van der Waals surface area contributed by atoms with E-state index in [0.29, 0.717) is 12.6 Å². The molecule has 5 heteroatoms. The predicted octanol–water partition coefficient (Wildman–Crippen LogP) is 0.349. The van der Waals surface area contributed by atoms with E-state index >= 15 is 0 Å². The molecule has 1 aliphatic heterocycles. The first-order valence-corrected chi connectivity index (χ1v) is 5.00. The summed E-state index contributed by atoms with van der Waals surface area (Å²) in [5.41, 5.74) is 0.901. The fourth-order valence-electron chi connectivity index (χ4n) is 1.77. The average Bonchev–Trinajstić information content (AvgIpc) is 2.68. The molecule has 0 radical (unpaired) electrons. The van der Waals surface area contributed by atoms with E-state index in [1.165, 1.54) is 12.8 Å². The molecule has 2 rings (SSSR count). The molecule has 0 saturated carbocycles. The second kappa shape index (κ2) is 4.52. The number of hydrogen-bond acceptors (Lipinski definition) is 4. The van der Waals surface area contributed by atoms with Crippen LogP contribution in [0.25, 0.3) is 0 Å². The van der Waals surface area contributed by atoms with E-state index in [1.54, 1.807) is 7.11 Å². The van der Waals surface area contributed by atoms with Gasteiger partial charge in [-0.2, -0.15) is 0 Å². The molecule has 2 heterocycles. The van der Waals surface area contributed by atoms with Crippen molar-refractivity contribution in [3.8, 4) is 0 Å². The first kappa shape index (κ1) is 9.61. The van der Waals surface area contributed by atoms with Gasteiger partial charge >= 0.3 is 0 Å². The van der Waals surface area contributed by atoms with Crippen molar-refractivity contribution in [2.45, 2.75) is 25.5 Å². The zero-order valence-electron chi connectivity index (χ0n) is 8.44. The third-order valence-electron chi connectivity index (χ3n) is 2.49. The third-order valence-corrected chi connectivity index (χ3v) is 2.49. The van der Waals surface area contributed by atoms with Crippen LogP contribution in [0.15, 0.2) is 6.20 Å². The van der Waals surface area contributed by atoms with Gasteiger partial charge < -0.3 is 10.1 Å². The van der Waals surface area contributed by atoms with Crippen LogP contribution in [0.4, 0.5) is 0 Å². The summed E-state index contributed by atoms with van der Waals surface area (Å²) in [5, 5.41) is 11.5. The molecule has 1 aliphatic rings. The van der Waals surface area contributed by atoms with Crippen LogP contribution in [0.3, 0.4) is 0 Å². The molecule has 1 saturated heterocycles. The maximum absolute atomic E-state index is 5.00. The molecule has 0 aliphatic carbocycles. The Labute approximate surface area is 83.4 Å². The van der Waals surface area contributed by atoms with E-state index < -0.39 is 0 Å². The van der Waals surface area contributed by atoms with Gasteiger partial charge in [-0.15, -0.1) is 5.10 Å². The summed E-state index contributed by atoms with van der Waals surface area (Å²) in [7, 11) is 1.67. The van der Waals surface area contributed by atoms with Crippen molar-refractivity contribution in [1.29, 1.82) is 0 Å². The van der Waals surface area contributed by atoms with E-state index in [-0.39, 0.29) is 0 Å². The van der Waals surface area contributed by atoms with Gasteiger partial charge in [0.15, 0.2) is 0 Å². The topological polar surface area (TPSA) is 52.0 Å². The summed E-state index contributed by atoms with van der Waals surface area (Å²) in [6, 6.07) is 0.460. The minimum atomic E-state index is 0.460. The highest BCUT2D eigenvalue weighted by atomic mass is 16.5. The Hall–Kier alpha value is -0.940. The van der Waals surface area contributed by atoms with Crippen molar-refractivity contribution in [2.75, 3.05) is 20.2 Å². The molecular formula is C9H16N4O. The smallest absolute Gasteiger partial charge is 0.108 e. The monoisotopic (exact) mass is 196 g/mol. The summed E-state index contributed by atoms with van der Waals surface area (Å²) in [6.07, 6.45) is 4.37. The summed E-state index contributed by atoms with van der Waals surface area (Å²) < 4.78 is 6.94. The quantitative estimate of drug-likeness (QED) is 0.758. The lowest BCUT2D eigenvalue weighted by Gasteiger charge is -2.22. The Morgan fingerprint density at radius 2 is 2.64 bits per heavy atom. The van der Waals surface area contributed by atoms with Crippen molar-refractivity contribution in [1.82, 2.24) is 20.3 Å². The number of hydrogen-bond donors (Lipinski definition) is 1. The van der Waals surface area contributed by atoms with Crippen LogP contribution in [-0.4, -0.2) is 35.2 Å². The van der Waals surface area contributed by atoms with Crippen LogP contribution in [0.1, 0.15) is 24.6 Å². The maximum atomic E-state index is 5.00. The Balaban J connectivity index is 2.00. The highest BCUT2D eigenvalue weighted by molar-refractivity contribution is 4.92. The van der Waals surface area contributed by atoms with Gasteiger partial charge in [0.25, 0.3) is 0 Å². The zero-order chi connectivity index (χ0) is 9.80. The van der Waals surface area contributed by atoms with E-state index in [9.17, 15) is 0 Å². The molecule has 0 aromatic carbocycles. The second-order valence-electron chi connectivity index (χ2n) is 3.62. The molecule has 1 N–H and O–H groups in total. The van der Waals surface area contributed by atoms with Gasteiger partial charge in [-0.1, -0.05) is 5.21 Å².